The summed E-state index contributed by atoms with van der Waals surface area (Å²) in [4.78, 5) is 29.5. The molecule has 0 aliphatic carbocycles. The van der Waals surface area contributed by atoms with Crippen molar-refractivity contribution in [3.05, 3.63) is 71.3 Å². The fourth-order valence-electron chi connectivity index (χ4n) is 3.90. The number of carbonyl (C=O) groups is 2. The minimum absolute atomic E-state index is 0.122. The first kappa shape index (κ1) is 22.3. The van der Waals surface area contributed by atoms with Crippen molar-refractivity contribution in [2.45, 2.75) is 6.92 Å². The van der Waals surface area contributed by atoms with E-state index >= 15 is 0 Å². The molecule has 3 aromatic rings. The first-order valence-electron chi connectivity index (χ1n) is 10.5. The Labute approximate surface area is 191 Å². The van der Waals surface area contributed by atoms with Crippen LogP contribution in [0.1, 0.15) is 26.4 Å². The van der Waals surface area contributed by atoms with E-state index in [9.17, 15) is 14.0 Å². The van der Waals surface area contributed by atoms with Crippen LogP contribution in [0.15, 0.2) is 48.7 Å². The number of benzene rings is 2. The third-order valence-electron chi connectivity index (χ3n) is 5.80. The Morgan fingerprint density at radius 3 is 2.09 bits per heavy atom. The maximum absolute atomic E-state index is 13.2. The van der Waals surface area contributed by atoms with Crippen molar-refractivity contribution in [2.24, 2.45) is 0 Å². The van der Waals surface area contributed by atoms with Gasteiger partial charge in [0, 0.05) is 31.7 Å². The van der Waals surface area contributed by atoms with Crippen LogP contribution in [0, 0.1) is 12.7 Å². The molecule has 0 N–H and O–H groups in total. The van der Waals surface area contributed by atoms with Crippen molar-refractivity contribution in [3.63, 3.8) is 0 Å². The van der Waals surface area contributed by atoms with Crippen molar-refractivity contribution in [1.29, 1.82) is 0 Å². The lowest BCUT2D eigenvalue weighted by Gasteiger charge is -2.34. The molecule has 1 fully saturated rings. The van der Waals surface area contributed by atoms with Gasteiger partial charge < -0.3 is 19.3 Å². The topological polar surface area (TPSA) is 76.9 Å². The normalized spacial score (nSPS) is 13.7. The van der Waals surface area contributed by atoms with E-state index in [4.69, 9.17) is 9.47 Å². The molecule has 1 aliphatic heterocycles. The summed E-state index contributed by atoms with van der Waals surface area (Å²) in [5.41, 5.74) is 2.34. The molecule has 0 bridgehead atoms. The first-order chi connectivity index (χ1) is 15.9. The molecule has 2 amide bonds. The number of halogens is 1. The zero-order valence-corrected chi connectivity index (χ0v) is 18.7. The van der Waals surface area contributed by atoms with E-state index in [1.807, 2.05) is 0 Å². The Balaban J connectivity index is 1.42. The molecule has 0 spiro atoms. The SMILES string of the molecule is COc1ccc(C(=O)N2CCN(C(=O)c3cnn(-c4ccc(F)cc4)c3C)CC2)cc1OC. The van der Waals surface area contributed by atoms with E-state index in [-0.39, 0.29) is 17.6 Å². The molecule has 172 valence electrons. The summed E-state index contributed by atoms with van der Waals surface area (Å²) in [6, 6.07) is 11.0. The summed E-state index contributed by atoms with van der Waals surface area (Å²) in [7, 11) is 3.07. The fraction of sp³-hybridized carbons (Fsp3) is 0.292. The van der Waals surface area contributed by atoms with Gasteiger partial charge in [-0.2, -0.15) is 5.10 Å². The second kappa shape index (κ2) is 9.32. The monoisotopic (exact) mass is 452 g/mol. The summed E-state index contributed by atoms with van der Waals surface area (Å²) in [5, 5.41) is 4.30. The quantitative estimate of drug-likeness (QED) is 0.595. The number of nitrogens with zero attached hydrogens (tertiary/aromatic N) is 4. The Kier molecular flexibility index (Phi) is 6.30. The highest BCUT2D eigenvalue weighted by Gasteiger charge is 2.28. The van der Waals surface area contributed by atoms with Gasteiger partial charge in [0.2, 0.25) is 0 Å². The third-order valence-corrected chi connectivity index (χ3v) is 5.80. The Morgan fingerprint density at radius 2 is 1.48 bits per heavy atom. The van der Waals surface area contributed by atoms with Crippen LogP contribution < -0.4 is 9.47 Å². The highest BCUT2D eigenvalue weighted by atomic mass is 19.1. The van der Waals surface area contributed by atoms with Crippen molar-refractivity contribution < 1.29 is 23.5 Å². The molecule has 1 aromatic heterocycles. The molecule has 0 radical (unpaired) electrons. The number of ether oxygens (including phenoxy) is 2. The Hall–Kier alpha value is -3.88. The van der Waals surface area contributed by atoms with Crippen LogP contribution in [0.3, 0.4) is 0 Å². The van der Waals surface area contributed by atoms with Gasteiger partial charge in [0.05, 0.1) is 37.4 Å². The minimum atomic E-state index is -0.333. The van der Waals surface area contributed by atoms with E-state index in [0.717, 1.165) is 0 Å². The summed E-state index contributed by atoms with van der Waals surface area (Å²) in [6.07, 6.45) is 1.53. The number of aromatic nitrogens is 2. The van der Waals surface area contributed by atoms with Gasteiger partial charge in [-0.15, -0.1) is 0 Å². The second-order valence-electron chi connectivity index (χ2n) is 7.69. The molecule has 8 nitrogen and oxygen atoms in total. The molecule has 0 saturated carbocycles. The maximum Gasteiger partial charge on any atom is 0.257 e. The van der Waals surface area contributed by atoms with Crippen LogP contribution in [0.4, 0.5) is 4.39 Å². The average Bonchev–Trinajstić information content (AvgIpc) is 3.24. The molecule has 9 heteroatoms. The highest BCUT2D eigenvalue weighted by molar-refractivity contribution is 5.97. The zero-order valence-electron chi connectivity index (χ0n) is 18.7. The van der Waals surface area contributed by atoms with E-state index < -0.39 is 0 Å². The van der Waals surface area contributed by atoms with Gasteiger partial charge in [-0.3, -0.25) is 9.59 Å². The van der Waals surface area contributed by atoms with E-state index in [1.54, 1.807) is 58.8 Å². The third kappa shape index (κ3) is 4.39. The number of carbonyl (C=O) groups excluding carboxylic acids is 2. The predicted molar refractivity (Wildman–Crippen MR) is 120 cm³/mol. The Morgan fingerprint density at radius 1 is 0.879 bits per heavy atom. The zero-order chi connectivity index (χ0) is 23.5. The standard InChI is InChI=1S/C24H25FN4O4/c1-16-20(15-26-29(16)19-7-5-18(25)6-8-19)24(31)28-12-10-27(11-13-28)23(30)17-4-9-21(32-2)22(14-17)33-3/h4-9,14-15H,10-13H2,1-3H3. The summed E-state index contributed by atoms with van der Waals surface area (Å²) < 4.78 is 25.3. The van der Waals surface area contributed by atoms with Crippen LogP contribution in [-0.4, -0.2) is 71.8 Å². The number of methoxy groups -OCH3 is 2. The number of rotatable bonds is 5. The molecule has 0 atom stereocenters. The second-order valence-corrected chi connectivity index (χ2v) is 7.69. The smallest absolute Gasteiger partial charge is 0.257 e. The number of hydrogen-bond acceptors (Lipinski definition) is 5. The average molecular weight is 452 g/mol. The highest BCUT2D eigenvalue weighted by Crippen LogP contribution is 2.28. The lowest BCUT2D eigenvalue weighted by atomic mass is 10.1. The Bertz CT molecular complexity index is 1170. The molecular weight excluding hydrogens is 427 g/mol. The lowest BCUT2D eigenvalue weighted by molar-refractivity contribution is 0.0535. The lowest BCUT2D eigenvalue weighted by Crippen LogP contribution is -2.50. The molecule has 1 saturated heterocycles. The first-order valence-corrected chi connectivity index (χ1v) is 10.5. The van der Waals surface area contributed by atoms with Gasteiger partial charge in [-0.1, -0.05) is 0 Å². The largest absolute Gasteiger partial charge is 0.493 e. The van der Waals surface area contributed by atoms with Crippen LogP contribution in [0.25, 0.3) is 5.69 Å². The number of hydrogen-bond donors (Lipinski definition) is 0. The van der Waals surface area contributed by atoms with Crippen molar-refractivity contribution in [2.75, 3.05) is 40.4 Å². The number of amides is 2. The molecule has 1 aliphatic rings. The van der Waals surface area contributed by atoms with Gasteiger partial charge >= 0.3 is 0 Å². The summed E-state index contributed by atoms with van der Waals surface area (Å²) >= 11 is 0. The van der Waals surface area contributed by atoms with Gasteiger partial charge in [-0.25, -0.2) is 9.07 Å². The molecule has 2 aromatic carbocycles. The molecular formula is C24H25FN4O4. The van der Waals surface area contributed by atoms with E-state index in [2.05, 4.69) is 5.10 Å². The molecule has 2 heterocycles. The van der Waals surface area contributed by atoms with Gasteiger partial charge in [0.25, 0.3) is 11.8 Å². The van der Waals surface area contributed by atoms with Crippen LogP contribution in [-0.2, 0) is 0 Å². The summed E-state index contributed by atoms with van der Waals surface area (Å²) in [6.45, 7) is 3.48. The number of piperazine rings is 1. The maximum atomic E-state index is 13.2. The van der Waals surface area contributed by atoms with Gasteiger partial charge in [0.15, 0.2) is 11.5 Å². The van der Waals surface area contributed by atoms with Crippen molar-refractivity contribution in [1.82, 2.24) is 19.6 Å². The molecule has 4 rings (SSSR count). The fourth-order valence-corrected chi connectivity index (χ4v) is 3.90. The van der Waals surface area contributed by atoms with Crippen molar-refractivity contribution >= 4 is 11.8 Å². The van der Waals surface area contributed by atoms with E-state index in [0.29, 0.717) is 60.2 Å². The van der Waals surface area contributed by atoms with Crippen LogP contribution in [0.2, 0.25) is 0 Å². The minimum Gasteiger partial charge on any atom is -0.493 e. The van der Waals surface area contributed by atoms with Crippen molar-refractivity contribution in [3.8, 4) is 17.2 Å². The molecule has 33 heavy (non-hydrogen) atoms. The summed E-state index contributed by atoms with van der Waals surface area (Å²) in [5.74, 6) is 0.453. The van der Waals surface area contributed by atoms with Gasteiger partial charge in [-0.05, 0) is 49.4 Å². The van der Waals surface area contributed by atoms with Crippen LogP contribution >= 0.6 is 0 Å². The van der Waals surface area contributed by atoms with Crippen LogP contribution in [0.5, 0.6) is 11.5 Å². The van der Waals surface area contributed by atoms with E-state index in [1.165, 1.54) is 25.4 Å². The van der Waals surface area contributed by atoms with Gasteiger partial charge in [0.1, 0.15) is 5.82 Å². The predicted octanol–water partition coefficient (Wildman–Crippen LogP) is 2.94. The molecule has 0 unspecified atom stereocenters.